The topological polar surface area (TPSA) is 62.2 Å². The van der Waals surface area contributed by atoms with E-state index in [0.717, 1.165) is 4.90 Å². The van der Waals surface area contributed by atoms with Gasteiger partial charge in [-0.2, -0.15) is 0 Å². The fourth-order valence-corrected chi connectivity index (χ4v) is 1.46. The summed E-state index contributed by atoms with van der Waals surface area (Å²) in [5, 5.41) is 12.1. The molecule has 1 aromatic carbocycles. The molecule has 0 saturated heterocycles. The molecule has 86 valence electrons. The summed E-state index contributed by atoms with van der Waals surface area (Å²) >= 11 is 4.14. The van der Waals surface area contributed by atoms with E-state index in [4.69, 9.17) is 0 Å². The smallest absolute Gasteiger partial charge is 0.278 e. The van der Waals surface area contributed by atoms with Crippen LogP contribution in [0.1, 0.15) is 10.5 Å². The van der Waals surface area contributed by atoms with E-state index in [0.29, 0.717) is 5.69 Å². The third-order valence-electron chi connectivity index (χ3n) is 2.13. The van der Waals surface area contributed by atoms with Crippen LogP contribution in [0.15, 0.2) is 47.5 Å². The van der Waals surface area contributed by atoms with Crippen molar-refractivity contribution in [3.05, 3.63) is 48.3 Å². The average Bonchev–Trinajstić information content (AvgIpc) is 2.32. The summed E-state index contributed by atoms with van der Waals surface area (Å²) in [6, 6.07) is 9.94. The molecule has 0 radical (unpaired) electrons. The Bertz CT molecular complexity index is 540. The van der Waals surface area contributed by atoms with Crippen LogP contribution in [0.25, 0.3) is 0 Å². The van der Waals surface area contributed by atoms with Gasteiger partial charge < -0.3 is 10.4 Å². The van der Waals surface area contributed by atoms with E-state index in [1.165, 1.54) is 12.3 Å². The summed E-state index contributed by atoms with van der Waals surface area (Å²) in [5.41, 5.74) is 0.625. The average molecular weight is 246 g/mol. The molecule has 0 spiro atoms. The monoisotopic (exact) mass is 246 g/mol. The summed E-state index contributed by atoms with van der Waals surface area (Å²) in [7, 11) is 0. The van der Waals surface area contributed by atoms with Crippen LogP contribution in [-0.2, 0) is 0 Å². The molecule has 0 saturated carbocycles. The Labute approximate surface area is 104 Å². The van der Waals surface area contributed by atoms with E-state index in [1.54, 1.807) is 30.3 Å². The number of aromatic hydroxyl groups is 1. The van der Waals surface area contributed by atoms with Gasteiger partial charge in [0.1, 0.15) is 5.75 Å². The molecule has 0 bridgehead atoms. The van der Waals surface area contributed by atoms with E-state index in [9.17, 15) is 9.90 Å². The Morgan fingerprint density at radius 3 is 2.59 bits per heavy atom. The van der Waals surface area contributed by atoms with Crippen LogP contribution in [0.4, 0.5) is 5.69 Å². The molecule has 0 aliphatic rings. The first-order valence-electron chi connectivity index (χ1n) is 4.91. The Balaban J connectivity index is 2.17. The second-order valence-electron chi connectivity index (χ2n) is 3.37. The van der Waals surface area contributed by atoms with Gasteiger partial charge in [-0.15, -0.1) is 12.6 Å². The molecule has 1 aromatic heterocycles. The number of carbonyl (C=O) groups is 1. The van der Waals surface area contributed by atoms with E-state index in [1.807, 2.05) is 0 Å². The molecular formula is C12H10N2O2S. The molecule has 0 aliphatic carbocycles. The Hall–Kier alpha value is -2.01. The number of hydrogen-bond acceptors (Lipinski definition) is 4. The van der Waals surface area contributed by atoms with Crippen molar-refractivity contribution >= 4 is 24.2 Å². The molecule has 2 N–H and O–H groups in total. The van der Waals surface area contributed by atoms with Crippen LogP contribution in [0.3, 0.4) is 0 Å². The highest BCUT2D eigenvalue weighted by Crippen LogP contribution is 2.16. The number of anilines is 1. The van der Waals surface area contributed by atoms with Gasteiger partial charge >= 0.3 is 0 Å². The third kappa shape index (κ3) is 2.76. The molecule has 17 heavy (non-hydrogen) atoms. The minimum absolute atomic E-state index is 0.00227. The normalized spacial score (nSPS) is 9.94. The number of aromatic nitrogens is 1. The van der Waals surface area contributed by atoms with E-state index in [-0.39, 0.29) is 11.4 Å². The second-order valence-corrected chi connectivity index (χ2v) is 3.89. The van der Waals surface area contributed by atoms with Crippen LogP contribution in [-0.4, -0.2) is 16.0 Å². The molecule has 2 aromatic rings. The summed E-state index contributed by atoms with van der Waals surface area (Å²) in [4.78, 5) is 16.4. The van der Waals surface area contributed by atoms with Crippen molar-refractivity contribution < 1.29 is 9.90 Å². The van der Waals surface area contributed by atoms with Gasteiger partial charge in [-0.1, -0.05) is 0 Å². The third-order valence-corrected chi connectivity index (χ3v) is 2.42. The molecule has 0 atom stereocenters. The predicted molar refractivity (Wildman–Crippen MR) is 67.5 cm³/mol. The number of nitrogens with one attached hydrogen (secondary N) is 1. The minimum atomic E-state index is -0.449. The summed E-state index contributed by atoms with van der Waals surface area (Å²) in [6.45, 7) is 0. The number of rotatable bonds is 2. The number of amides is 1. The molecule has 0 aliphatic heterocycles. The summed E-state index contributed by atoms with van der Waals surface area (Å²) < 4.78 is 0. The lowest BCUT2D eigenvalue weighted by Crippen LogP contribution is -2.13. The van der Waals surface area contributed by atoms with Crippen LogP contribution in [0.2, 0.25) is 0 Å². The van der Waals surface area contributed by atoms with Gasteiger partial charge in [-0.05, 0) is 36.4 Å². The largest absolute Gasteiger partial charge is 0.505 e. The molecule has 1 heterocycles. The maximum atomic E-state index is 11.8. The van der Waals surface area contributed by atoms with Crippen molar-refractivity contribution in [2.45, 2.75) is 4.90 Å². The minimum Gasteiger partial charge on any atom is -0.505 e. The zero-order valence-electron chi connectivity index (χ0n) is 8.79. The van der Waals surface area contributed by atoms with Crippen molar-refractivity contribution in [2.75, 3.05) is 5.32 Å². The lowest BCUT2D eigenvalue weighted by molar-refractivity contribution is 0.101. The van der Waals surface area contributed by atoms with Crippen molar-refractivity contribution in [3.8, 4) is 5.75 Å². The quantitative estimate of drug-likeness (QED) is 0.713. The first kappa shape index (κ1) is 11.5. The maximum Gasteiger partial charge on any atom is 0.278 e. The molecule has 0 unspecified atom stereocenters. The molecule has 4 nitrogen and oxygen atoms in total. The van der Waals surface area contributed by atoms with Gasteiger partial charge in [-0.3, -0.25) is 4.79 Å². The Morgan fingerprint density at radius 1 is 1.24 bits per heavy atom. The van der Waals surface area contributed by atoms with E-state index < -0.39 is 5.91 Å². The number of thiol groups is 1. The summed E-state index contributed by atoms with van der Waals surface area (Å²) in [5.74, 6) is -0.592. The van der Waals surface area contributed by atoms with Gasteiger partial charge in [0.25, 0.3) is 5.91 Å². The predicted octanol–water partition coefficient (Wildman–Crippen LogP) is 2.33. The van der Waals surface area contributed by atoms with E-state index in [2.05, 4.69) is 22.9 Å². The zero-order valence-corrected chi connectivity index (χ0v) is 9.69. The van der Waals surface area contributed by atoms with Crippen LogP contribution in [0, 0.1) is 0 Å². The van der Waals surface area contributed by atoms with Crippen molar-refractivity contribution in [1.29, 1.82) is 0 Å². The second kappa shape index (κ2) is 4.88. The van der Waals surface area contributed by atoms with Gasteiger partial charge in [0.15, 0.2) is 5.69 Å². The fraction of sp³-hybridized carbons (Fsp3) is 0. The standard InChI is InChI=1S/C12H10N2O2S/c15-10-2-1-7-13-11(10)12(16)14-8-3-5-9(17)6-4-8/h1-7,15,17H,(H,14,16). The molecule has 5 heteroatoms. The Morgan fingerprint density at radius 2 is 1.94 bits per heavy atom. The zero-order chi connectivity index (χ0) is 12.3. The summed E-state index contributed by atoms with van der Waals surface area (Å²) in [6.07, 6.45) is 1.45. The van der Waals surface area contributed by atoms with Crippen LogP contribution in [0.5, 0.6) is 5.75 Å². The van der Waals surface area contributed by atoms with Crippen molar-refractivity contribution in [1.82, 2.24) is 4.98 Å². The highest BCUT2D eigenvalue weighted by atomic mass is 32.1. The van der Waals surface area contributed by atoms with Gasteiger partial charge in [-0.25, -0.2) is 4.98 Å². The molecule has 1 amide bonds. The lowest BCUT2D eigenvalue weighted by atomic mass is 10.2. The van der Waals surface area contributed by atoms with Crippen molar-refractivity contribution in [3.63, 3.8) is 0 Å². The highest BCUT2D eigenvalue weighted by molar-refractivity contribution is 7.80. The molecular weight excluding hydrogens is 236 g/mol. The maximum absolute atomic E-state index is 11.8. The lowest BCUT2D eigenvalue weighted by Gasteiger charge is -2.05. The van der Waals surface area contributed by atoms with Gasteiger partial charge in [0.2, 0.25) is 0 Å². The first-order valence-corrected chi connectivity index (χ1v) is 5.36. The number of hydrogen-bond donors (Lipinski definition) is 3. The first-order chi connectivity index (χ1) is 8.16. The Kier molecular flexibility index (Phi) is 3.30. The number of carbonyl (C=O) groups excluding carboxylic acids is 1. The number of nitrogens with zero attached hydrogens (tertiary/aromatic N) is 1. The highest BCUT2D eigenvalue weighted by Gasteiger charge is 2.11. The van der Waals surface area contributed by atoms with Crippen LogP contribution < -0.4 is 5.32 Å². The van der Waals surface area contributed by atoms with Crippen molar-refractivity contribution in [2.24, 2.45) is 0 Å². The van der Waals surface area contributed by atoms with Gasteiger partial charge in [0, 0.05) is 16.8 Å². The molecule has 0 fully saturated rings. The van der Waals surface area contributed by atoms with Crippen LogP contribution >= 0.6 is 12.6 Å². The number of benzene rings is 1. The fourth-order valence-electron chi connectivity index (χ4n) is 1.31. The van der Waals surface area contributed by atoms with E-state index >= 15 is 0 Å². The number of pyridine rings is 1. The molecule has 2 rings (SSSR count). The SMILES string of the molecule is O=C(Nc1ccc(S)cc1)c1ncccc1O. The van der Waals surface area contributed by atoms with Gasteiger partial charge in [0.05, 0.1) is 0 Å².